The number of nitrogens with zero attached hydrogens (tertiary/aromatic N) is 2. The molecule has 6 nitrogen and oxygen atoms in total. The van der Waals surface area contributed by atoms with Crippen molar-refractivity contribution in [3.8, 4) is 16.9 Å². The number of amides is 2. The number of likely N-dealkylation sites (tertiary alicyclic amines) is 1. The Morgan fingerprint density at radius 1 is 0.941 bits per heavy atom. The van der Waals surface area contributed by atoms with Crippen molar-refractivity contribution >= 4 is 11.7 Å². The molecular formula is C25H22F3N3O3. The average molecular weight is 469 g/mol. The Hall–Kier alpha value is -3.75. The Kier molecular flexibility index (Phi) is 5.55. The quantitative estimate of drug-likeness (QED) is 0.583. The Bertz CT molecular complexity index is 1260. The van der Waals surface area contributed by atoms with Crippen molar-refractivity contribution < 1.29 is 22.7 Å². The number of carbonyl (C=O) groups excluding carboxylic acids is 1. The van der Waals surface area contributed by atoms with Gasteiger partial charge < -0.3 is 19.5 Å². The molecule has 0 saturated carbocycles. The lowest BCUT2D eigenvalue weighted by atomic mass is 9.80. The number of halogens is 3. The van der Waals surface area contributed by atoms with Crippen molar-refractivity contribution in [2.75, 3.05) is 18.4 Å². The van der Waals surface area contributed by atoms with Crippen molar-refractivity contribution in [3.63, 3.8) is 0 Å². The van der Waals surface area contributed by atoms with Gasteiger partial charge in [-0.05, 0) is 48.2 Å². The summed E-state index contributed by atoms with van der Waals surface area (Å²) in [7, 11) is 0. The van der Waals surface area contributed by atoms with Crippen LogP contribution in [0.4, 0.5) is 23.7 Å². The molecule has 2 aliphatic heterocycles. The first-order chi connectivity index (χ1) is 16.3. The summed E-state index contributed by atoms with van der Waals surface area (Å²) in [5.74, 6) is -0.230. The van der Waals surface area contributed by atoms with Gasteiger partial charge in [-0.3, -0.25) is 4.79 Å². The van der Waals surface area contributed by atoms with Crippen LogP contribution in [0.5, 0.6) is 5.75 Å². The molecule has 2 aliphatic rings. The van der Waals surface area contributed by atoms with Gasteiger partial charge in [0.25, 0.3) is 5.56 Å². The van der Waals surface area contributed by atoms with E-state index in [1.807, 2.05) is 30.3 Å². The summed E-state index contributed by atoms with van der Waals surface area (Å²) in [5.41, 5.74) is 2.86. The van der Waals surface area contributed by atoms with E-state index in [0.717, 1.165) is 17.7 Å². The molecule has 1 saturated heterocycles. The lowest BCUT2D eigenvalue weighted by Gasteiger charge is -2.43. The molecule has 3 heterocycles. The number of fused-ring (bicyclic) bond motifs is 4. The summed E-state index contributed by atoms with van der Waals surface area (Å²) in [6.07, 6.45) is -3.93. The number of benzene rings is 2. The summed E-state index contributed by atoms with van der Waals surface area (Å²) in [6, 6.07) is 17.8. The molecule has 176 valence electrons. The van der Waals surface area contributed by atoms with E-state index in [1.165, 1.54) is 18.2 Å². The Balaban J connectivity index is 1.43. The van der Waals surface area contributed by atoms with Crippen molar-refractivity contribution in [1.82, 2.24) is 9.47 Å². The number of hydrogen-bond donors (Lipinski definition) is 1. The molecule has 0 aliphatic carbocycles. The molecule has 1 N–H and O–H groups in total. The van der Waals surface area contributed by atoms with E-state index in [4.69, 9.17) is 0 Å². The van der Waals surface area contributed by atoms with Crippen LogP contribution >= 0.6 is 0 Å². The lowest BCUT2D eigenvalue weighted by molar-refractivity contribution is -0.274. The molecular weight excluding hydrogens is 447 g/mol. The summed E-state index contributed by atoms with van der Waals surface area (Å²) in [5, 5.41) is 2.92. The van der Waals surface area contributed by atoms with Crippen LogP contribution in [0.1, 0.15) is 18.0 Å². The molecule has 2 bridgehead atoms. The third-order valence-electron chi connectivity index (χ3n) is 6.30. The van der Waals surface area contributed by atoms with Gasteiger partial charge in [0, 0.05) is 48.6 Å². The molecule has 34 heavy (non-hydrogen) atoms. The Morgan fingerprint density at radius 2 is 1.68 bits per heavy atom. The van der Waals surface area contributed by atoms with Crippen LogP contribution in [0, 0.1) is 5.92 Å². The highest BCUT2D eigenvalue weighted by atomic mass is 19.4. The van der Waals surface area contributed by atoms with Crippen LogP contribution in [0.2, 0.25) is 0 Å². The fourth-order valence-electron chi connectivity index (χ4n) is 4.99. The van der Waals surface area contributed by atoms with Crippen LogP contribution in [-0.2, 0) is 6.54 Å². The van der Waals surface area contributed by atoms with Gasteiger partial charge in [0.1, 0.15) is 5.75 Å². The molecule has 0 spiro atoms. The zero-order chi connectivity index (χ0) is 23.9. The highest BCUT2D eigenvalue weighted by molar-refractivity contribution is 5.89. The van der Waals surface area contributed by atoms with Crippen LogP contribution in [0.15, 0.2) is 71.5 Å². The van der Waals surface area contributed by atoms with Crippen molar-refractivity contribution in [2.45, 2.75) is 25.2 Å². The standard InChI is InChI=1S/C25H22F3N3O3/c26-25(27,28)34-20-8-6-17(7-9-20)21-10-11-22(32)31-14-16-12-18(23(21)31)15-30(13-16)24(33)29-19-4-2-1-3-5-19/h1-11,16,18H,12-15H2,(H,29,33)/t16-,18-/m1/s1. The largest absolute Gasteiger partial charge is 0.573 e. The second kappa shape index (κ2) is 8.55. The number of alkyl halides is 3. The maximum absolute atomic E-state index is 12.9. The summed E-state index contributed by atoms with van der Waals surface area (Å²) >= 11 is 0. The number of para-hydroxylation sites is 1. The van der Waals surface area contributed by atoms with Gasteiger partial charge in [-0.1, -0.05) is 30.3 Å². The molecule has 2 aromatic carbocycles. The maximum atomic E-state index is 12.9. The highest BCUT2D eigenvalue weighted by Gasteiger charge is 2.38. The molecule has 9 heteroatoms. The molecule has 2 amide bonds. The first-order valence-electron chi connectivity index (χ1n) is 11.0. The zero-order valence-corrected chi connectivity index (χ0v) is 18.1. The number of nitrogens with one attached hydrogen (secondary N) is 1. The van der Waals surface area contributed by atoms with E-state index >= 15 is 0 Å². The Morgan fingerprint density at radius 3 is 2.38 bits per heavy atom. The molecule has 1 aromatic heterocycles. The van der Waals surface area contributed by atoms with Gasteiger partial charge in [0.05, 0.1) is 0 Å². The summed E-state index contributed by atoms with van der Waals surface area (Å²) < 4.78 is 43.3. The van der Waals surface area contributed by atoms with Gasteiger partial charge >= 0.3 is 12.4 Å². The second-order valence-corrected chi connectivity index (χ2v) is 8.65. The fourth-order valence-corrected chi connectivity index (χ4v) is 4.99. The van der Waals surface area contributed by atoms with E-state index in [9.17, 15) is 22.8 Å². The van der Waals surface area contributed by atoms with E-state index in [2.05, 4.69) is 10.1 Å². The number of rotatable bonds is 3. The number of pyridine rings is 1. The smallest absolute Gasteiger partial charge is 0.406 e. The van der Waals surface area contributed by atoms with Gasteiger partial charge in [-0.15, -0.1) is 13.2 Å². The minimum atomic E-state index is -4.76. The van der Waals surface area contributed by atoms with Gasteiger partial charge in [-0.25, -0.2) is 4.79 Å². The predicted octanol–water partition coefficient (Wildman–Crippen LogP) is 5.07. The fraction of sp³-hybridized carbons (Fsp3) is 0.280. The van der Waals surface area contributed by atoms with Crippen molar-refractivity contribution in [3.05, 3.63) is 82.8 Å². The molecule has 5 rings (SSSR count). The van der Waals surface area contributed by atoms with Crippen LogP contribution < -0.4 is 15.6 Å². The van der Waals surface area contributed by atoms with Gasteiger partial charge in [0.15, 0.2) is 0 Å². The van der Waals surface area contributed by atoms with Gasteiger partial charge in [-0.2, -0.15) is 0 Å². The average Bonchev–Trinajstić information content (AvgIpc) is 2.80. The van der Waals surface area contributed by atoms with Crippen LogP contribution in [-0.4, -0.2) is 34.9 Å². The minimum absolute atomic E-state index is 0.0657. The van der Waals surface area contributed by atoms with E-state index in [1.54, 1.807) is 27.7 Å². The number of carbonyl (C=O) groups is 1. The number of anilines is 1. The van der Waals surface area contributed by atoms with Crippen LogP contribution in [0.25, 0.3) is 11.1 Å². The third-order valence-corrected chi connectivity index (χ3v) is 6.30. The molecule has 3 aromatic rings. The highest BCUT2D eigenvalue weighted by Crippen LogP contribution is 2.40. The monoisotopic (exact) mass is 469 g/mol. The van der Waals surface area contributed by atoms with E-state index in [-0.39, 0.29) is 29.2 Å². The normalized spacial score (nSPS) is 19.3. The molecule has 1 fully saturated rings. The SMILES string of the molecule is O=C(Nc1ccccc1)N1C[C@H]2C[C@H](C1)c1c(-c3ccc(OC(F)(F)F)cc3)ccc(=O)n1C2. The summed E-state index contributed by atoms with van der Waals surface area (Å²) in [6.45, 7) is 1.48. The van der Waals surface area contributed by atoms with E-state index < -0.39 is 6.36 Å². The first-order valence-corrected chi connectivity index (χ1v) is 11.0. The van der Waals surface area contributed by atoms with E-state index in [0.29, 0.717) is 30.9 Å². The molecule has 0 unspecified atom stereocenters. The number of urea groups is 1. The number of ether oxygens (including phenoxy) is 1. The molecule has 0 radical (unpaired) electrons. The van der Waals surface area contributed by atoms with Crippen molar-refractivity contribution in [1.29, 1.82) is 0 Å². The second-order valence-electron chi connectivity index (χ2n) is 8.65. The Labute approximate surface area is 193 Å². The lowest BCUT2D eigenvalue weighted by Crippen LogP contribution is -2.50. The first kappa shape index (κ1) is 22.1. The summed E-state index contributed by atoms with van der Waals surface area (Å²) in [4.78, 5) is 27.4. The number of aromatic nitrogens is 1. The maximum Gasteiger partial charge on any atom is 0.573 e. The van der Waals surface area contributed by atoms with Crippen molar-refractivity contribution in [2.24, 2.45) is 5.92 Å². The number of hydrogen-bond acceptors (Lipinski definition) is 3. The zero-order valence-electron chi connectivity index (χ0n) is 18.1. The topological polar surface area (TPSA) is 63.6 Å². The molecule has 2 atom stereocenters. The van der Waals surface area contributed by atoms with Crippen LogP contribution in [0.3, 0.4) is 0 Å². The van der Waals surface area contributed by atoms with Gasteiger partial charge in [0.2, 0.25) is 0 Å². The number of piperidine rings is 1. The predicted molar refractivity (Wildman–Crippen MR) is 121 cm³/mol. The minimum Gasteiger partial charge on any atom is -0.406 e. The third kappa shape index (κ3) is 4.50.